The summed E-state index contributed by atoms with van der Waals surface area (Å²) in [6, 6.07) is 17.3. The van der Waals surface area contributed by atoms with Crippen molar-refractivity contribution in [2.75, 3.05) is 43.2 Å². The second-order valence-corrected chi connectivity index (χ2v) is 21.4. The van der Waals surface area contributed by atoms with Crippen LogP contribution in [0.15, 0.2) is 103 Å². The highest BCUT2D eigenvalue weighted by atomic mass is 35.5. The molecule has 5 unspecified atom stereocenters. The van der Waals surface area contributed by atoms with Crippen LogP contribution in [0.3, 0.4) is 0 Å². The van der Waals surface area contributed by atoms with E-state index in [-0.39, 0.29) is 59.1 Å². The van der Waals surface area contributed by atoms with Crippen LogP contribution < -0.4 is 32.5 Å². The molecule has 3 aliphatic rings. The normalized spacial score (nSPS) is 23.7. The summed E-state index contributed by atoms with van der Waals surface area (Å²) in [5.74, 6) is -2.24. The van der Waals surface area contributed by atoms with E-state index in [0.717, 1.165) is 10.9 Å². The predicted molar refractivity (Wildman–Crippen MR) is 278 cm³/mol. The average molecular weight is 1210 g/mol. The van der Waals surface area contributed by atoms with Crippen LogP contribution in [0.5, 0.6) is 5.75 Å². The third-order valence-electron chi connectivity index (χ3n) is 12.6. The van der Waals surface area contributed by atoms with Crippen molar-refractivity contribution in [3.63, 3.8) is 0 Å². The predicted octanol–water partition coefficient (Wildman–Crippen LogP) is 2.80. The van der Waals surface area contributed by atoms with Gasteiger partial charge in [-0.05, 0) is 60.0 Å². The monoisotopic (exact) mass is 1200 g/mol. The highest BCUT2D eigenvalue weighted by molar-refractivity contribution is 7.47. The van der Waals surface area contributed by atoms with Crippen LogP contribution >= 0.6 is 27.2 Å². The molecular weight excluding hydrogens is 1150 g/mol. The molecule has 6 aromatic rings. The van der Waals surface area contributed by atoms with Gasteiger partial charge in [-0.25, -0.2) is 42.9 Å². The van der Waals surface area contributed by atoms with Crippen LogP contribution in [0.1, 0.15) is 36.4 Å². The molecule has 9 rings (SSSR count). The minimum atomic E-state index is -5.53. The third kappa shape index (κ3) is 15.1. The van der Waals surface area contributed by atoms with Gasteiger partial charge in [0.25, 0.3) is 0 Å². The van der Waals surface area contributed by atoms with Gasteiger partial charge in [0, 0.05) is 24.9 Å². The van der Waals surface area contributed by atoms with E-state index in [2.05, 4.69) is 30.6 Å². The van der Waals surface area contributed by atoms with Crippen molar-refractivity contribution in [1.82, 2.24) is 34.4 Å². The summed E-state index contributed by atoms with van der Waals surface area (Å²) < 4.78 is 98.4. The number of para-hydroxylation sites is 1. The van der Waals surface area contributed by atoms with E-state index >= 15 is 0 Å². The number of nitrogens with two attached hydrogens (primary N) is 2. The number of aliphatic hydroxyl groups excluding tert-OH is 1. The SMILES string of the molecule is Nc1ccn(C2O[C@H](COP(=O)(O)O)[C@@H](OP(=O)(O)OC[C@H]3O[C@@H](n4cnc5c(N)ncnc54)[C@H](O)C3OC(=O)C(COc3ccccc3Cl)NC(=O)OCc3ccc(NC(=O)Cc4ccc(F)cc4)cc3)[C@H]2OC2CCCO2)c(=O)n1. The number of imidazole rings is 1. The number of fused-ring (bicyclic) bond motifs is 1. The Morgan fingerprint density at radius 1 is 0.878 bits per heavy atom. The van der Waals surface area contributed by atoms with Crippen molar-refractivity contribution in [3.8, 4) is 5.75 Å². The zero-order valence-corrected chi connectivity index (χ0v) is 45.0. The molecular formula is C48H52ClFN10O20P2. The number of aliphatic hydroxyl groups is 1. The Bertz CT molecular complexity index is 3400. The number of nitrogen functional groups attached to an aromatic ring is 2. The van der Waals surface area contributed by atoms with Crippen molar-refractivity contribution >= 4 is 73.7 Å². The molecule has 0 saturated carbocycles. The molecule has 0 radical (unpaired) electrons. The molecule has 6 heterocycles. The van der Waals surface area contributed by atoms with Crippen LogP contribution in [0.4, 0.5) is 26.5 Å². The number of halogens is 2. The first-order valence-corrected chi connectivity index (χ1v) is 28.1. The quantitative estimate of drug-likeness (QED) is 0.0338. The number of hydrogen-bond donors (Lipinski definition) is 8. The standard InChI is InChI=1S/C48H52ClFN10O20P2/c49-29-4-1-2-5-31(29)72-20-30(57-48(65)73-19-26-9-13-28(14-10-26)56-35(61)18-25-7-11-27(50)12-8-25)46(63)79-39-32(76-44(38(39)62)60-24-55-37-42(52)53-23-54-43(37)60)22-75-82(69,70)80-40-33(21-74-81(66,67)68)77-45(41(40)78-36-6-3-17-71-36)59-16-15-34(51)58-47(59)64/h1-2,4-5,7-16,23-24,30,32-33,36,38-41,44-45,62H,3,6,17-22H2,(H,56,61)(H,57,65)(H,69,70)(H2,51,58,64)(H2,52,53,54)(H2,66,67,68)/t30?,32-,33-,36?,38-,39?,40-,41-,44-,45?/m1/s1. The number of carbonyl (C=O) groups excluding carboxylic acids is 3. The highest BCUT2D eigenvalue weighted by Gasteiger charge is 2.54. The number of ether oxygens (including phenoxy) is 7. The molecule has 82 heavy (non-hydrogen) atoms. The third-order valence-corrected chi connectivity index (χ3v) is 14.4. The van der Waals surface area contributed by atoms with Crippen LogP contribution in [0, 0.1) is 5.82 Å². The van der Waals surface area contributed by atoms with Gasteiger partial charge in [-0.2, -0.15) is 4.98 Å². The lowest BCUT2D eigenvalue weighted by Gasteiger charge is -2.29. The zero-order valence-electron chi connectivity index (χ0n) is 42.5. The molecule has 2 amide bonds. The van der Waals surface area contributed by atoms with Gasteiger partial charge in [0.05, 0.1) is 31.0 Å². The molecule has 30 nitrogen and oxygen atoms in total. The number of carbonyl (C=O) groups is 3. The molecule has 3 aromatic heterocycles. The number of amides is 2. The Labute approximate surface area is 467 Å². The Morgan fingerprint density at radius 3 is 2.32 bits per heavy atom. The van der Waals surface area contributed by atoms with Crippen molar-refractivity contribution in [2.45, 2.75) is 87.3 Å². The summed E-state index contributed by atoms with van der Waals surface area (Å²) in [4.78, 5) is 100. The molecule has 0 bridgehead atoms. The first-order chi connectivity index (χ1) is 39.2. The van der Waals surface area contributed by atoms with E-state index in [9.17, 15) is 52.5 Å². The van der Waals surface area contributed by atoms with E-state index in [1.807, 2.05) is 0 Å². The molecule has 0 aliphatic carbocycles. The van der Waals surface area contributed by atoms with Crippen molar-refractivity contribution in [3.05, 3.63) is 130 Å². The number of nitrogens with zero attached hydrogens (tertiary/aromatic N) is 6. The summed E-state index contributed by atoms with van der Waals surface area (Å²) in [5.41, 5.74) is 12.3. The average Bonchev–Trinajstić information content (AvgIpc) is 3.69. The van der Waals surface area contributed by atoms with E-state index in [4.69, 9.17) is 69.8 Å². The first kappa shape index (κ1) is 59.6. The number of phosphoric acid groups is 2. The number of benzene rings is 3. The summed E-state index contributed by atoms with van der Waals surface area (Å²) in [6.45, 7) is -2.81. The number of aromatic nitrogens is 6. The highest BCUT2D eigenvalue weighted by Crippen LogP contribution is 2.51. The molecule has 10 N–H and O–H groups in total. The topological polar surface area (TPSA) is 413 Å². The Hall–Kier alpha value is -7.06. The second kappa shape index (κ2) is 26.0. The lowest BCUT2D eigenvalue weighted by molar-refractivity contribution is -0.181. The van der Waals surface area contributed by atoms with Gasteiger partial charge in [0.1, 0.15) is 73.0 Å². The lowest BCUT2D eigenvalue weighted by Crippen LogP contribution is -2.49. The zero-order chi connectivity index (χ0) is 58.3. The van der Waals surface area contributed by atoms with Crippen LogP contribution in [0.2, 0.25) is 5.02 Å². The maximum atomic E-state index is 14.4. The first-order valence-electron chi connectivity index (χ1n) is 24.7. The van der Waals surface area contributed by atoms with Crippen LogP contribution in [-0.2, 0) is 73.7 Å². The van der Waals surface area contributed by atoms with E-state index < -0.39 is 120 Å². The van der Waals surface area contributed by atoms with E-state index in [1.165, 1.54) is 59.6 Å². The molecule has 34 heteroatoms. The number of rotatable bonds is 23. The molecule has 3 fully saturated rings. The molecule has 3 aliphatic heterocycles. The van der Waals surface area contributed by atoms with E-state index in [1.54, 1.807) is 36.4 Å². The van der Waals surface area contributed by atoms with Gasteiger partial charge in [-0.1, -0.05) is 48.0 Å². The number of alkyl carbamates (subject to hydrolysis) is 1. The van der Waals surface area contributed by atoms with Gasteiger partial charge in [0.2, 0.25) is 5.91 Å². The van der Waals surface area contributed by atoms with Crippen LogP contribution in [0.25, 0.3) is 11.2 Å². The fourth-order valence-electron chi connectivity index (χ4n) is 8.73. The van der Waals surface area contributed by atoms with Gasteiger partial charge < -0.3 is 75.0 Å². The molecule has 438 valence electrons. The Kier molecular flexibility index (Phi) is 18.9. The smallest absolute Gasteiger partial charge is 0.472 e. The Morgan fingerprint density at radius 2 is 1.60 bits per heavy atom. The van der Waals surface area contributed by atoms with Crippen molar-refractivity contribution in [1.29, 1.82) is 0 Å². The maximum Gasteiger partial charge on any atom is 0.472 e. The van der Waals surface area contributed by atoms with Crippen LogP contribution in [-0.4, -0.2) is 142 Å². The number of nitrogens with one attached hydrogen (secondary N) is 2. The minimum absolute atomic E-state index is 0.0183. The number of esters is 1. The van der Waals surface area contributed by atoms with Crippen molar-refractivity contribution < 1.29 is 94.4 Å². The van der Waals surface area contributed by atoms with Gasteiger partial charge in [0.15, 0.2) is 42.4 Å². The summed E-state index contributed by atoms with van der Waals surface area (Å²) in [5, 5.41) is 17.2. The minimum Gasteiger partial charge on any atom is -0.489 e. The van der Waals surface area contributed by atoms with Gasteiger partial charge in [-0.15, -0.1) is 0 Å². The van der Waals surface area contributed by atoms with Gasteiger partial charge in [-0.3, -0.25) is 27.5 Å². The fourth-order valence-corrected chi connectivity index (χ4v) is 10.2. The number of hydrogen-bond acceptors (Lipinski definition) is 23. The largest absolute Gasteiger partial charge is 0.489 e. The lowest BCUT2D eigenvalue weighted by atomic mass is 10.1. The molecule has 3 saturated heterocycles. The van der Waals surface area contributed by atoms with E-state index in [0.29, 0.717) is 29.7 Å². The molecule has 0 spiro atoms. The summed E-state index contributed by atoms with van der Waals surface area (Å²) in [6.07, 6.45) is -11.6. The summed E-state index contributed by atoms with van der Waals surface area (Å²) in [7, 11) is -10.8. The maximum absolute atomic E-state index is 14.4. The second-order valence-electron chi connectivity index (χ2n) is 18.4. The number of anilines is 3. The summed E-state index contributed by atoms with van der Waals surface area (Å²) >= 11 is 6.33. The Balaban J connectivity index is 0.934. The number of phosphoric ester groups is 2. The fraction of sp³-hybridized carbons (Fsp3) is 0.375. The molecule has 11 atom stereocenters. The molecule has 3 aromatic carbocycles. The van der Waals surface area contributed by atoms with Gasteiger partial charge >= 0.3 is 33.4 Å². The van der Waals surface area contributed by atoms with Crippen molar-refractivity contribution in [2.24, 2.45) is 0 Å².